The van der Waals surface area contributed by atoms with Gasteiger partial charge in [0.15, 0.2) is 0 Å². The molecule has 0 radical (unpaired) electrons. The third-order valence-corrected chi connectivity index (χ3v) is 4.65. The summed E-state index contributed by atoms with van der Waals surface area (Å²) in [6.07, 6.45) is 3.60. The van der Waals surface area contributed by atoms with E-state index in [2.05, 4.69) is 36.1 Å². The van der Waals surface area contributed by atoms with Crippen LogP contribution in [-0.2, 0) is 9.47 Å². The first-order chi connectivity index (χ1) is 11.9. The van der Waals surface area contributed by atoms with Gasteiger partial charge in [-0.3, -0.25) is 0 Å². The first-order valence-electron chi connectivity index (χ1n) is 8.59. The lowest BCUT2D eigenvalue weighted by Gasteiger charge is -2.38. The molecule has 2 unspecified atom stereocenters. The molecule has 0 amide bonds. The number of rotatable bonds is 3. The minimum absolute atomic E-state index is 0.103. The molecule has 6 heteroatoms. The summed E-state index contributed by atoms with van der Waals surface area (Å²) in [5.74, 6) is 0.380. The monoisotopic (exact) mass is 343 g/mol. The molecule has 134 valence electrons. The van der Waals surface area contributed by atoms with E-state index in [-0.39, 0.29) is 23.5 Å². The number of benzene rings is 1. The second-order valence-corrected chi connectivity index (χ2v) is 7.54. The fourth-order valence-corrected chi connectivity index (χ4v) is 3.14. The van der Waals surface area contributed by atoms with Crippen LogP contribution in [0.25, 0.3) is 10.9 Å². The standard InChI is InChI=1S/C19H25N3O3/c1-19(2,3)16-10-13(7-8-25-16)22-17-14-9-12(18(23)24-4)5-6-15(14)20-11-21-17/h5-6,9,11,13,16H,7-8,10H2,1-4H3,(H,20,21,22). The van der Waals surface area contributed by atoms with Gasteiger partial charge in [-0.25, -0.2) is 14.8 Å². The van der Waals surface area contributed by atoms with Gasteiger partial charge in [0, 0.05) is 18.0 Å². The van der Waals surface area contributed by atoms with Crippen molar-refractivity contribution in [2.24, 2.45) is 5.41 Å². The highest BCUT2D eigenvalue weighted by atomic mass is 16.5. The van der Waals surface area contributed by atoms with Crippen LogP contribution in [0.1, 0.15) is 44.0 Å². The van der Waals surface area contributed by atoms with E-state index >= 15 is 0 Å². The molecule has 3 rings (SSSR count). The van der Waals surface area contributed by atoms with Crippen molar-refractivity contribution in [3.05, 3.63) is 30.1 Å². The van der Waals surface area contributed by atoms with Crippen LogP contribution in [0.3, 0.4) is 0 Å². The van der Waals surface area contributed by atoms with Crippen LogP contribution in [-0.4, -0.2) is 41.8 Å². The third-order valence-electron chi connectivity index (χ3n) is 4.65. The Morgan fingerprint density at radius 1 is 1.32 bits per heavy atom. The smallest absolute Gasteiger partial charge is 0.337 e. The maximum absolute atomic E-state index is 11.8. The number of fused-ring (bicyclic) bond motifs is 1. The Labute approximate surface area is 147 Å². The van der Waals surface area contributed by atoms with Gasteiger partial charge in [0.05, 0.1) is 24.3 Å². The van der Waals surface area contributed by atoms with Crippen molar-refractivity contribution in [1.29, 1.82) is 0 Å². The van der Waals surface area contributed by atoms with Gasteiger partial charge >= 0.3 is 5.97 Å². The van der Waals surface area contributed by atoms with Crippen LogP contribution in [0.5, 0.6) is 0 Å². The molecule has 1 saturated heterocycles. The van der Waals surface area contributed by atoms with Gasteiger partial charge in [0.2, 0.25) is 0 Å². The Kier molecular flexibility index (Phi) is 4.90. The highest BCUT2D eigenvalue weighted by Gasteiger charge is 2.32. The summed E-state index contributed by atoms with van der Waals surface area (Å²) in [4.78, 5) is 20.5. The molecule has 1 fully saturated rings. The first kappa shape index (κ1) is 17.6. The van der Waals surface area contributed by atoms with Gasteiger partial charge in [-0.2, -0.15) is 0 Å². The zero-order chi connectivity index (χ0) is 18.0. The number of esters is 1. The quantitative estimate of drug-likeness (QED) is 0.861. The minimum Gasteiger partial charge on any atom is -0.465 e. The van der Waals surface area contributed by atoms with E-state index in [1.807, 2.05) is 6.07 Å². The van der Waals surface area contributed by atoms with E-state index < -0.39 is 0 Å². The zero-order valence-corrected chi connectivity index (χ0v) is 15.2. The van der Waals surface area contributed by atoms with Gasteiger partial charge in [-0.1, -0.05) is 20.8 Å². The molecule has 0 spiro atoms. The van der Waals surface area contributed by atoms with Crippen molar-refractivity contribution in [3.63, 3.8) is 0 Å². The lowest BCUT2D eigenvalue weighted by molar-refractivity contribution is -0.0512. The van der Waals surface area contributed by atoms with Gasteiger partial charge in [-0.05, 0) is 36.5 Å². The predicted molar refractivity (Wildman–Crippen MR) is 96.7 cm³/mol. The van der Waals surface area contributed by atoms with Crippen LogP contribution in [0, 0.1) is 5.41 Å². The number of nitrogens with one attached hydrogen (secondary N) is 1. The number of hydrogen-bond donors (Lipinski definition) is 1. The van der Waals surface area contributed by atoms with Gasteiger partial charge in [0.1, 0.15) is 12.1 Å². The lowest BCUT2D eigenvalue weighted by atomic mass is 9.83. The van der Waals surface area contributed by atoms with Crippen LogP contribution < -0.4 is 5.32 Å². The SMILES string of the molecule is COC(=O)c1ccc2ncnc(NC3CCOC(C(C)(C)C)C3)c2c1. The molecular weight excluding hydrogens is 318 g/mol. The molecule has 1 N–H and O–H groups in total. The molecule has 0 aliphatic carbocycles. The fraction of sp³-hybridized carbons (Fsp3) is 0.526. The molecule has 25 heavy (non-hydrogen) atoms. The predicted octanol–water partition coefficient (Wildman–Crippen LogP) is 3.42. The number of anilines is 1. The number of hydrogen-bond acceptors (Lipinski definition) is 6. The largest absolute Gasteiger partial charge is 0.465 e. The van der Waals surface area contributed by atoms with E-state index in [9.17, 15) is 4.79 Å². The summed E-state index contributed by atoms with van der Waals surface area (Å²) in [5, 5.41) is 4.35. The van der Waals surface area contributed by atoms with Crippen molar-refractivity contribution >= 4 is 22.7 Å². The van der Waals surface area contributed by atoms with Gasteiger partial charge in [-0.15, -0.1) is 0 Å². The van der Waals surface area contributed by atoms with Gasteiger partial charge in [0.25, 0.3) is 0 Å². The molecule has 2 heterocycles. The minimum atomic E-state index is -0.365. The van der Waals surface area contributed by atoms with Crippen molar-refractivity contribution in [1.82, 2.24) is 9.97 Å². The molecule has 6 nitrogen and oxygen atoms in total. The van der Waals surface area contributed by atoms with Crippen LogP contribution in [0.15, 0.2) is 24.5 Å². The van der Waals surface area contributed by atoms with E-state index in [0.29, 0.717) is 5.56 Å². The molecule has 0 saturated carbocycles. The lowest BCUT2D eigenvalue weighted by Crippen LogP contribution is -2.41. The summed E-state index contributed by atoms with van der Waals surface area (Å²) in [6, 6.07) is 5.59. The molecule has 1 aromatic carbocycles. The van der Waals surface area contributed by atoms with Crippen LogP contribution in [0.2, 0.25) is 0 Å². The van der Waals surface area contributed by atoms with Crippen molar-refractivity contribution in [2.45, 2.75) is 45.8 Å². The number of carbonyl (C=O) groups excluding carboxylic acids is 1. The summed E-state index contributed by atoms with van der Waals surface area (Å²) in [5.41, 5.74) is 1.39. The van der Waals surface area contributed by atoms with E-state index in [1.54, 1.807) is 18.5 Å². The van der Waals surface area contributed by atoms with Crippen molar-refractivity contribution in [3.8, 4) is 0 Å². The highest BCUT2D eigenvalue weighted by Crippen LogP contribution is 2.31. The van der Waals surface area contributed by atoms with Gasteiger partial charge < -0.3 is 14.8 Å². The summed E-state index contributed by atoms with van der Waals surface area (Å²) >= 11 is 0. The summed E-state index contributed by atoms with van der Waals surface area (Å²) in [6.45, 7) is 7.32. The number of carbonyl (C=O) groups is 1. The van der Waals surface area contributed by atoms with Crippen LogP contribution in [0.4, 0.5) is 5.82 Å². The highest BCUT2D eigenvalue weighted by molar-refractivity contribution is 5.97. The second-order valence-electron chi connectivity index (χ2n) is 7.54. The number of aromatic nitrogens is 2. The number of ether oxygens (including phenoxy) is 2. The Morgan fingerprint density at radius 2 is 2.12 bits per heavy atom. The zero-order valence-electron chi connectivity index (χ0n) is 15.2. The first-order valence-corrected chi connectivity index (χ1v) is 8.59. The number of nitrogens with zero attached hydrogens (tertiary/aromatic N) is 2. The summed E-state index contributed by atoms with van der Waals surface area (Å²) in [7, 11) is 1.38. The van der Waals surface area contributed by atoms with Crippen LogP contribution >= 0.6 is 0 Å². The maximum Gasteiger partial charge on any atom is 0.337 e. The Morgan fingerprint density at radius 3 is 2.84 bits per heavy atom. The maximum atomic E-state index is 11.8. The van der Waals surface area contributed by atoms with Crippen molar-refractivity contribution < 1.29 is 14.3 Å². The fourth-order valence-electron chi connectivity index (χ4n) is 3.14. The molecule has 1 aliphatic heterocycles. The average Bonchev–Trinajstić information content (AvgIpc) is 2.60. The van der Waals surface area contributed by atoms with E-state index in [4.69, 9.17) is 9.47 Å². The van der Waals surface area contributed by atoms with Crippen molar-refractivity contribution in [2.75, 3.05) is 19.0 Å². The molecule has 1 aliphatic rings. The Bertz CT molecular complexity index is 770. The molecule has 2 aromatic rings. The van der Waals surface area contributed by atoms with E-state index in [0.717, 1.165) is 36.2 Å². The average molecular weight is 343 g/mol. The molecule has 0 bridgehead atoms. The second kappa shape index (κ2) is 6.96. The molecule has 1 aromatic heterocycles. The Balaban J connectivity index is 1.86. The molecule has 2 atom stereocenters. The normalized spacial score (nSPS) is 21.1. The third kappa shape index (κ3) is 3.90. The summed E-state index contributed by atoms with van der Waals surface area (Å²) < 4.78 is 10.7. The number of methoxy groups -OCH3 is 1. The molecular formula is C19H25N3O3. The topological polar surface area (TPSA) is 73.3 Å². The Hall–Kier alpha value is -2.21. The van der Waals surface area contributed by atoms with E-state index in [1.165, 1.54) is 7.11 Å².